The Bertz CT molecular complexity index is 321. The molecule has 0 bridgehead atoms. The van der Waals surface area contributed by atoms with Gasteiger partial charge in [0.2, 0.25) is 0 Å². The largest absolute Gasteiger partial charge is 0.480 e. The lowest BCUT2D eigenvalue weighted by Crippen LogP contribution is -2.50. The highest BCUT2D eigenvalue weighted by Gasteiger charge is 2.37. The average Bonchev–Trinajstić information content (AvgIpc) is 2.97. The minimum absolute atomic E-state index is 0.219. The van der Waals surface area contributed by atoms with Gasteiger partial charge in [-0.05, 0) is 58.2 Å². The Morgan fingerprint density at radius 1 is 1.10 bits per heavy atom. The lowest BCUT2D eigenvalue weighted by Gasteiger charge is -2.41. The Balaban J connectivity index is 1.86. The minimum Gasteiger partial charge on any atom is -0.480 e. The average molecular weight is 296 g/mol. The monoisotopic (exact) mass is 296 g/mol. The van der Waals surface area contributed by atoms with Crippen molar-refractivity contribution in [2.24, 2.45) is 0 Å². The topological polar surface area (TPSA) is 43.8 Å². The van der Waals surface area contributed by atoms with Crippen molar-refractivity contribution in [1.29, 1.82) is 0 Å². The van der Waals surface area contributed by atoms with Crippen LogP contribution in [0.3, 0.4) is 0 Å². The van der Waals surface area contributed by atoms with E-state index in [1.165, 1.54) is 25.7 Å². The first-order chi connectivity index (χ1) is 10.2. The summed E-state index contributed by atoms with van der Waals surface area (Å²) in [7, 11) is 0. The first kappa shape index (κ1) is 16.8. The van der Waals surface area contributed by atoms with Crippen molar-refractivity contribution in [2.75, 3.05) is 19.6 Å². The zero-order valence-corrected chi connectivity index (χ0v) is 13.8. The molecule has 0 aromatic carbocycles. The molecule has 1 unspecified atom stereocenters. The van der Waals surface area contributed by atoms with Gasteiger partial charge in [0.1, 0.15) is 6.04 Å². The van der Waals surface area contributed by atoms with Crippen LogP contribution in [0.2, 0.25) is 0 Å². The molecule has 0 aromatic heterocycles. The molecule has 2 fully saturated rings. The molecular formula is C17H32N2O2. The molecule has 0 amide bonds. The highest BCUT2D eigenvalue weighted by Crippen LogP contribution is 2.28. The second-order valence-corrected chi connectivity index (χ2v) is 6.73. The molecule has 2 heterocycles. The number of hydrogen-bond donors (Lipinski definition) is 1. The van der Waals surface area contributed by atoms with E-state index < -0.39 is 5.97 Å². The van der Waals surface area contributed by atoms with E-state index in [-0.39, 0.29) is 6.04 Å². The van der Waals surface area contributed by atoms with Gasteiger partial charge in [-0.15, -0.1) is 0 Å². The number of aliphatic carboxylic acids is 1. The van der Waals surface area contributed by atoms with E-state index in [4.69, 9.17) is 0 Å². The summed E-state index contributed by atoms with van der Waals surface area (Å²) in [6.07, 6.45) is 9.31. The van der Waals surface area contributed by atoms with Crippen molar-refractivity contribution in [3.8, 4) is 0 Å². The molecule has 0 saturated carbocycles. The fourth-order valence-corrected chi connectivity index (χ4v) is 4.25. The van der Waals surface area contributed by atoms with Crippen molar-refractivity contribution in [3.05, 3.63) is 0 Å². The van der Waals surface area contributed by atoms with E-state index >= 15 is 0 Å². The minimum atomic E-state index is -0.621. The van der Waals surface area contributed by atoms with Gasteiger partial charge in [-0.2, -0.15) is 0 Å². The van der Waals surface area contributed by atoms with Gasteiger partial charge in [-0.3, -0.25) is 9.69 Å². The Morgan fingerprint density at radius 2 is 1.71 bits per heavy atom. The lowest BCUT2D eigenvalue weighted by atomic mass is 9.97. The maximum atomic E-state index is 11.3. The maximum absolute atomic E-state index is 11.3. The van der Waals surface area contributed by atoms with Crippen LogP contribution in [-0.2, 0) is 4.79 Å². The van der Waals surface area contributed by atoms with E-state index in [9.17, 15) is 9.90 Å². The molecule has 1 atom stereocenters. The van der Waals surface area contributed by atoms with Gasteiger partial charge in [0.05, 0.1) is 0 Å². The predicted molar refractivity (Wildman–Crippen MR) is 85.6 cm³/mol. The first-order valence-corrected chi connectivity index (χ1v) is 8.90. The summed E-state index contributed by atoms with van der Waals surface area (Å²) in [6.45, 7) is 7.83. The third-order valence-electron chi connectivity index (χ3n) is 5.31. The SMILES string of the molecule is CCCC(CCC)N1CCC(N2CCCC2C(=O)O)CC1. The molecule has 21 heavy (non-hydrogen) atoms. The van der Waals surface area contributed by atoms with Gasteiger partial charge in [0.25, 0.3) is 0 Å². The fraction of sp³-hybridized carbons (Fsp3) is 0.941. The molecule has 2 aliphatic rings. The van der Waals surface area contributed by atoms with Crippen LogP contribution in [-0.4, -0.2) is 58.6 Å². The molecule has 0 spiro atoms. The van der Waals surface area contributed by atoms with Gasteiger partial charge >= 0.3 is 5.97 Å². The van der Waals surface area contributed by atoms with Crippen molar-refractivity contribution >= 4 is 5.97 Å². The van der Waals surface area contributed by atoms with Crippen molar-refractivity contribution in [1.82, 2.24) is 9.80 Å². The van der Waals surface area contributed by atoms with Crippen molar-refractivity contribution < 1.29 is 9.90 Å². The summed E-state index contributed by atoms with van der Waals surface area (Å²) >= 11 is 0. The Hall–Kier alpha value is -0.610. The molecule has 4 nitrogen and oxygen atoms in total. The smallest absolute Gasteiger partial charge is 0.320 e. The van der Waals surface area contributed by atoms with Crippen molar-refractivity contribution in [2.45, 2.75) is 83.3 Å². The van der Waals surface area contributed by atoms with Gasteiger partial charge in [-0.25, -0.2) is 0 Å². The second kappa shape index (κ2) is 8.14. The van der Waals surface area contributed by atoms with Crippen LogP contribution in [0, 0.1) is 0 Å². The van der Waals surface area contributed by atoms with Gasteiger partial charge in [0.15, 0.2) is 0 Å². The normalized spacial score (nSPS) is 25.8. The first-order valence-electron chi connectivity index (χ1n) is 8.90. The van der Waals surface area contributed by atoms with Crippen LogP contribution in [0.5, 0.6) is 0 Å². The number of carbonyl (C=O) groups is 1. The molecule has 2 aliphatic heterocycles. The van der Waals surface area contributed by atoms with E-state index in [2.05, 4.69) is 23.6 Å². The van der Waals surface area contributed by atoms with E-state index in [1.807, 2.05) is 0 Å². The summed E-state index contributed by atoms with van der Waals surface area (Å²) in [5.41, 5.74) is 0. The molecule has 122 valence electrons. The number of nitrogens with zero attached hydrogens (tertiary/aromatic N) is 2. The highest BCUT2D eigenvalue weighted by molar-refractivity contribution is 5.73. The second-order valence-electron chi connectivity index (χ2n) is 6.73. The molecule has 0 aromatic rings. The zero-order valence-electron chi connectivity index (χ0n) is 13.8. The van der Waals surface area contributed by atoms with Crippen LogP contribution in [0.25, 0.3) is 0 Å². The molecule has 2 rings (SSSR count). The van der Waals surface area contributed by atoms with Gasteiger partial charge in [-0.1, -0.05) is 26.7 Å². The summed E-state index contributed by atoms with van der Waals surface area (Å²) in [5, 5.41) is 9.34. The number of likely N-dealkylation sites (tertiary alicyclic amines) is 2. The van der Waals surface area contributed by atoms with Crippen molar-refractivity contribution in [3.63, 3.8) is 0 Å². The Labute approximate surface area is 129 Å². The van der Waals surface area contributed by atoms with E-state index in [0.29, 0.717) is 6.04 Å². The third-order valence-corrected chi connectivity index (χ3v) is 5.31. The standard InChI is InChI=1S/C17H32N2O2/c1-3-6-14(7-4-2)18-12-9-15(10-13-18)19-11-5-8-16(19)17(20)21/h14-16H,3-13H2,1-2H3,(H,20,21). The van der Waals surface area contributed by atoms with Crippen LogP contribution < -0.4 is 0 Å². The van der Waals surface area contributed by atoms with E-state index in [1.54, 1.807) is 0 Å². The molecule has 4 heteroatoms. The maximum Gasteiger partial charge on any atom is 0.320 e. The molecular weight excluding hydrogens is 264 g/mol. The number of carboxylic acid groups (broad SMARTS) is 1. The summed E-state index contributed by atoms with van der Waals surface area (Å²) in [6, 6.07) is 1.02. The lowest BCUT2D eigenvalue weighted by molar-refractivity contribution is -0.143. The van der Waals surface area contributed by atoms with Crippen LogP contribution in [0.1, 0.15) is 65.2 Å². The molecule has 2 saturated heterocycles. The molecule has 1 N–H and O–H groups in total. The molecule has 0 aliphatic carbocycles. The van der Waals surface area contributed by atoms with Crippen LogP contribution in [0.4, 0.5) is 0 Å². The van der Waals surface area contributed by atoms with Gasteiger partial charge < -0.3 is 10.0 Å². The Morgan fingerprint density at radius 3 is 2.24 bits per heavy atom. The summed E-state index contributed by atoms with van der Waals surface area (Å²) < 4.78 is 0. The summed E-state index contributed by atoms with van der Waals surface area (Å²) in [4.78, 5) is 16.3. The number of piperidine rings is 1. The molecule has 0 radical (unpaired) electrons. The summed E-state index contributed by atoms with van der Waals surface area (Å²) in [5.74, 6) is -0.621. The number of hydrogen-bond acceptors (Lipinski definition) is 3. The van der Waals surface area contributed by atoms with Crippen LogP contribution in [0.15, 0.2) is 0 Å². The quantitative estimate of drug-likeness (QED) is 0.784. The van der Waals surface area contributed by atoms with Gasteiger partial charge in [0, 0.05) is 12.1 Å². The zero-order chi connectivity index (χ0) is 15.2. The highest BCUT2D eigenvalue weighted by atomic mass is 16.4. The third kappa shape index (κ3) is 4.19. The fourth-order valence-electron chi connectivity index (χ4n) is 4.25. The number of rotatable bonds is 7. The van der Waals surface area contributed by atoms with E-state index in [0.717, 1.165) is 51.4 Å². The Kier molecular flexibility index (Phi) is 6.49. The van der Waals surface area contributed by atoms with Crippen LogP contribution >= 0.6 is 0 Å². The number of carboxylic acids is 1. The predicted octanol–water partition coefficient (Wildman–Crippen LogP) is 2.97.